The summed E-state index contributed by atoms with van der Waals surface area (Å²) in [6, 6.07) is 20.2. The summed E-state index contributed by atoms with van der Waals surface area (Å²) < 4.78 is 7.10. The summed E-state index contributed by atoms with van der Waals surface area (Å²) in [6.07, 6.45) is 5.95. The number of hydrogen-bond donors (Lipinski definition) is 0. The van der Waals surface area contributed by atoms with Crippen molar-refractivity contribution >= 4 is 17.8 Å². The Morgan fingerprint density at radius 1 is 0.923 bits per heavy atom. The van der Waals surface area contributed by atoms with Crippen LogP contribution in [0.1, 0.15) is 17.0 Å². The Morgan fingerprint density at radius 2 is 1.69 bits per heavy atom. The number of hydrogen-bond acceptors (Lipinski definition) is 3. The zero-order valence-corrected chi connectivity index (χ0v) is 14.8. The first-order valence-electron chi connectivity index (χ1n) is 8.48. The highest BCUT2D eigenvalue weighted by Crippen LogP contribution is 2.27. The van der Waals surface area contributed by atoms with Gasteiger partial charge in [0, 0.05) is 11.8 Å². The molecule has 0 aliphatic carbocycles. The maximum Gasteiger partial charge on any atom is 0.163 e. The Balaban J connectivity index is 1.76. The molecule has 2 aromatic carbocycles. The second kappa shape index (κ2) is 6.84. The van der Waals surface area contributed by atoms with E-state index in [2.05, 4.69) is 29.3 Å². The second-order valence-electron chi connectivity index (χ2n) is 6.04. The van der Waals surface area contributed by atoms with Gasteiger partial charge in [-0.1, -0.05) is 48.5 Å². The first-order chi connectivity index (χ1) is 12.8. The van der Waals surface area contributed by atoms with Crippen LogP contribution in [0.5, 0.6) is 5.75 Å². The Bertz CT molecular complexity index is 1060. The average molecular weight is 341 g/mol. The minimum atomic E-state index is 0.851. The quantitative estimate of drug-likeness (QED) is 0.531. The van der Waals surface area contributed by atoms with E-state index in [0.29, 0.717) is 0 Å². The minimum absolute atomic E-state index is 0.851. The zero-order chi connectivity index (χ0) is 17.9. The molecule has 2 heterocycles. The first kappa shape index (κ1) is 16.1. The fraction of sp³-hybridized carbons (Fsp3) is 0.0909. The number of aryl methyl sites for hydroxylation is 1. The summed E-state index contributed by atoms with van der Waals surface area (Å²) in [5.74, 6) is 0.851. The van der Waals surface area contributed by atoms with E-state index in [1.54, 1.807) is 7.11 Å². The molecular weight excluding hydrogens is 322 g/mol. The van der Waals surface area contributed by atoms with Gasteiger partial charge in [0.05, 0.1) is 18.5 Å². The topological polar surface area (TPSA) is 39.4 Å². The van der Waals surface area contributed by atoms with Crippen LogP contribution < -0.4 is 4.74 Å². The Labute approximate surface area is 152 Å². The molecule has 0 radical (unpaired) electrons. The van der Waals surface area contributed by atoms with Crippen molar-refractivity contribution in [3.8, 4) is 16.9 Å². The maximum absolute atomic E-state index is 5.20. The Morgan fingerprint density at radius 3 is 2.42 bits per heavy atom. The molecule has 4 aromatic rings. The van der Waals surface area contributed by atoms with E-state index in [9.17, 15) is 0 Å². The fourth-order valence-electron chi connectivity index (χ4n) is 3.03. The molecule has 0 atom stereocenters. The van der Waals surface area contributed by atoms with Crippen molar-refractivity contribution in [2.45, 2.75) is 6.92 Å². The van der Waals surface area contributed by atoms with Gasteiger partial charge >= 0.3 is 0 Å². The van der Waals surface area contributed by atoms with Crippen LogP contribution in [-0.2, 0) is 0 Å². The number of methoxy groups -OCH3 is 1. The normalized spacial score (nSPS) is 11.3. The molecule has 4 heteroatoms. The largest absolute Gasteiger partial charge is 0.497 e. The van der Waals surface area contributed by atoms with E-state index in [1.165, 1.54) is 0 Å². The molecule has 2 aromatic heterocycles. The summed E-state index contributed by atoms with van der Waals surface area (Å²) in [5, 5.41) is 4.71. The number of nitrogens with zero attached hydrogens (tertiary/aromatic N) is 3. The summed E-state index contributed by atoms with van der Waals surface area (Å²) in [4.78, 5) is 4.57. The fourth-order valence-corrected chi connectivity index (χ4v) is 3.03. The molecular formula is C22H19N3O. The molecule has 0 spiro atoms. The predicted octanol–water partition coefficient (Wildman–Crippen LogP) is 4.88. The Hall–Kier alpha value is -3.40. The van der Waals surface area contributed by atoms with Crippen LogP contribution in [-0.4, -0.2) is 21.7 Å². The van der Waals surface area contributed by atoms with Crippen LogP contribution in [0.4, 0.5) is 0 Å². The van der Waals surface area contributed by atoms with Crippen molar-refractivity contribution in [1.82, 2.24) is 14.6 Å². The summed E-state index contributed by atoms with van der Waals surface area (Å²) in [5.41, 5.74) is 6.12. The SMILES string of the molecule is COc1ccc(/C=C/c2ccnc3c(-c4ccccc4)c(C)nn23)cc1. The smallest absolute Gasteiger partial charge is 0.163 e. The van der Waals surface area contributed by atoms with Gasteiger partial charge in [0.25, 0.3) is 0 Å². The first-order valence-corrected chi connectivity index (χ1v) is 8.48. The molecule has 0 N–H and O–H groups in total. The molecule has 0 unspecified atom stereocenters. The molecule has 0 bridgehead atoms. The van der Waals surface area contributed by atoms with Gasteiger partial charge in [-0.2, -0.15) is 5.10 Å². The standard InChI is InChI=1S/C22H19N3O/c1-16-21(18-6-4-3-5-7-18)22-23-15-14-19(25(22)24-16)11-8-17-9-12-20(26-2)13-10-17/h3-15H,1-2H3/b11-8+. The van der Waals surface area contributed by atoms with Gasteiger partial charge in [-0.3, -0.25) is 0 Å². The molecule has 0 aliphatic heterocycles. The van der Waals surface area contributed by atoms with Crippen molar-refractivity contribution in [2.75, 3.05) is 7.11 Å². The molecule has 4 rings (SSSR count). The zero-order valence-electron chi connectivity index (χ0n) is 14.8. The van der Waals surface area contributed by atoms with E-state index >= 15 is 0 Å². The molecule has 0 amide bonds. The highest BCUT2D eigenvalue weighted by atomic mass is 16.5. The highest BCUT2D eigenvalue weighted by Gasteiger charge is 2.13. The van der Waals surface area contributed by atoms with Crippen molar-refractivity contribution in [3.63, 3.8) is 0 Å². The van der Waals surface area contributed by atoms with Crippen molar-refractivity contribution < 1.29 is 4.74 Å². The molecule has 4 nitrogen and oxygen atoms in total. The van der Waals surface area contributed by atoms with Gasteiger partial charge in [0.15, 0.2) is 5.65 Å². The van der Waals surface area contributed by atoms with E-state index in [-0.39, 0.29) is 0 Å². The van der Waals surface area contributed by atoms with Crippen LogP contribution in [0, 0.1) is 6.92 Å². The summed E-state index contributed by atoms with van der Waals surface area (Å²) in [6.45, 7) is 2.02. The van der Waals surface area contributed by atoms with Gasteiger partial charge in [0.1, 0.15) is 5.75 Å². The average Bonchev–Trinajstić information content (AvgIpc) is 3.04. The van der Waals surface area contributed by atoms with Crippen molar-refractivity contribution in [1.29, 1.82) is 0 Å². The van der Waals surface area contributed by atoms with Gasteiger partial charge in [0.2, 0.25) is 0 Å². The number of ether oxygens (including phenoxy) is 1. The maximum atomic E-state index is 5.20. The van der Waals surface area contributed by atoms with E-state index < -0.39 is 0 Å². The highest BCUT2D eigenvalue weighted by molar-refractivity contribution is 5.81. The molecule has 0 fully saturated rings. The van der Waals surface area contributed by atoms with E-state index in [4.69, 9.17) is 9.84 Å². The van der Waals surface area contributed by atoms with Crippen LogP contribution in [0.15, 0.2) is 66.9 Å². The Kier molecular flexibility index (Phi) is 4.23. The lowest BCUT2D eigenvalue weighted by Gasteiger charge is -2.02. The predicted molar refractivity (Wildman–Crippen MR) is 105 cm³/mol. The minimum Gasteiger partial charge on any atom is -0.497 e. The molecule has 0 aliphatic rings. The van der Waals surface area contributed by atoms with Gasteiger partial charge in [-0.05, 0) is 42.3 Å². The third-order valence-electron chi connectivity index (χ3n) is 4.35. The van der Waals surface area contributed by atoms with Crippen molar-refractivity contribution in [3.05, 3.63) is 83.8 Å². The molecule has 26 heavy (non-hydrogen) atoms. The van der Waals surface area contributed by atoms with Crippen LogP contribution in [0.25, 0.3) is 28.9 Å². The number of benzene rings is 2. The molecule has 0 saturated heterocycles. The molecule has 128 valence electrons. The lowest BCUT2D eigenvalue weighted by molar-refractivity contribution is 0.415. The lowest BCUT2D eigenvalue weighted by Crippen LogP contribution is -1.95. The number of aromatic nitrogens is 3. The summed E-state index contributed by atoms with van der Waals surface area (Å²) in [7, 11) is 1.67. The van der Waals surface area contributed by atoms with Crippen molar-refractivity contribution in [2.24, 2.45) is 0 Å². The van der Waals surface area contributed by atoms with Crippen LogP contribution >= 0.6 is 0 Å². The monoisotopic (exact) mass is 341 g/mol. The van der Waals surface area contributed by atoms with Gasteiger partial charge < -0.3 is 4.74 Å². The third-order valence-corrected chi connectivity index (χ3v) is 4.35. The van der Waals surface area contributed by atoms with E-state index in [0.717, 1.165) is 39.5 Å². The van der Waals surface area contributed by atoms with Crippen LogP contribution in [0.2, 0.25) is 0 Å². The summed E-state index contributed by atoms with van der Waals surface area (Å²) >= 11 is 0. The molecule has 0 saturated carbocycles. The number of rotatable bonds is 4. The van der Waals surface area contributed by atoms with Gasteiger partial charge in [-0.15, -0.1) is 0 Å². The lowest BCUT2D eigenvalue weighted by atomic mass is 10.1. The van der Waals surface area contributed by atoms with Gasteiger partial charge in [-0.25, -0.2) is 9.50 Å². The number of fused-ring (bicyclic) bond motifs is 1. The third kappa shape index (κ3) is 2.97. The van der Waals surface area contributed by atoms with Crippen LogP contribution in [0.3, 0.4) is 0 Å². The van der Waals surface area contributed by atoms with E-state index in [1.807, 2.05) is 66.2 Å². The second-order valence-corrected chi connectivity index (χ2v) is 6.04.